The Bertz CT molecular complexity index is 672. The van der Waals surface area contributed by atoms with Gasteiger partial charge in [-0.15, -0.1) is 0 Å². The van der Waals surface area contributed by atoms with Crippen molar-refractivity contribution in [3.8, 4) is 0 Å². The van der Waals surface area contributed by atoms with Crippen molar-refractivity contribution in [1.82, 2.24) is 4.90 Å². The summed E-state index contributed by atoms with van der Waals surface area (Å²) < 4.78 is 46.4. The zero-order valence-electron chi connectivity index (χ0n) is 13.5. The first-order valence-corrected chi connectivity index (χ1v) is 7.37. The predicted octanol–water partition coefficient (Wildman–Crippen LogP) is 3.28. The highest BCUT2D eigenvalue weighted by Gasteiger charge is 2.43. The summed E-state index contributed by atoms with van der Waals surface area (Å²) in [5, 5.41) is 9.28. The van der Waals surface area contributed by atoms with E-state index in [1.54, 1.807) is 20.8 Å². The Morgan fingerprint density at radius 1 is 1.21 bits per heavy atom. The highest BCUT2D eigenvalue weighted by molar-refractivity contribution is 5.81. The van der Waals surface area contributed by atoms with E-state index in [4.69, 9.17) is 4.74 Å². The van der Waals surface area contributed by atoms with Gasteiger partial charge in [0, 0.05) is 18.0 Å². The van der Waals surface area contributed by atoms with E-state index in [0.29, 0.717) is 6.07 Å². The maximum atomic E-state index is 13.9. The molecule has 1 amide bonds. The quantitative estimate of drug-likeness (QED) is 0.836. The van der Waals surface area contributed by atoms with Crippen LogP contribution in [0.4, 0.5) is 18.0 Å². The molecule has 0 unspecified atom stereocenters. The van der Waals surface area contributed by atoms with E-state index in [-0.39, 0.29) is 13.0 Å². The third kappa shape index (κ3) is 3.63. The summed E-state index contributed by atoms with van der Waals surface area (Å²) in [6, 6.07) is 0.134. The number of hydrogen-bond acceptors (Lipinski definition) is 3. The molecular weight excluding hydrogens is 327 g/mol. The number of rotatable bonds is 2. The van der Waals surface area contributed by atoms with Crippen molar-refractivity contribution < 1.29 is 32.6 Å². The summed E-state index contributed by atoms with van der Waals surface area (Å²) in [7, 11) is 0. The van der Waals surface area contributed by atoms with Crippen LogP contribution in [0.3, 0.4) is 0 Å². The molecule has 2 rings (SSSR count). The van der Waals surface area contributed by atoms with E-state index in [9.17, 15) is 27.9 Å². The molecule has 0 bridgehead atoms. The van der Waals surface area contributed by atoms with Crippen molar-refractivity contribution in [3.05, 3.63) is 35.1 Å². The maximum Gasteiger partial charge on any atom is 0.411 e. The van der Waals surface area contributed by atoms with Gasteiger partial charge in [0.15, 0.2) is 11.6 Å². The van der Waals surface area contributed by atoms with Gasteiger partial charge < -0.3 is 9.84 Å². The molecule has 1 N–H and O–H groups in total. The Hall–Kier alpha value is -2.25. The van der Waals surface area contributed by atoms with Crippen LogP contribution in [-0.2, 0) is 9.53 Å². The molecule has 24 heavy (non-hydrogen) atoms. The number of benzene rings is 1. The third-order valence-electron chi connectivity index (χ3n) is 3.70. The van der Waals surface area contributed by atoms with Gasteiger partial charge in [0.25, 0.3) is 0 Å². The minimum absolute atomic E-state index is 0.230. The molecule has 1 aromatic carbocycles. The first-order valence-electron chi connectivity index (χ1n) is 7.37. The summed E-state index contributed by atoms with van der Waals surface area (Å²) in [5.41, 5.74) is -1.40. The number of likely N-dealkylation sites (tertiary alicyclic amines) is 1. The molecule has 1 fully saturated rings. The number of carbonyl (C=O) groups excluding carboxylic acids is 1. The molecule has 1 aromatic rings. The lowest BCUT2D eigenvalue weighted by Crippen LogP contribution is -2.43. The lowest BCUT2D eigenvalue weighted by Gasteiger charge is -2.26. The summed E-state index contributed by atoms with van der Waals surface area (Å²) in [5.74, 6) is -5.87. The molecule has 1 heterocycles. The number of amides is 1. The van der Waals surface area contributed by atoms with E-state index in [1.165, 1.54) is 0 Å². The Balaban J connectivity index is 2.33. The second-order valence-electron chi connectivity index (χ2n) is 6.68. The van der Waals surface area contributed by atoms with E-state index >= 15 is 0 Å². The van der Waals surface area contributed by atoms with Crippen LogP contribution in [0.15, 0.2) is 12.1 Å². The molecule has 0 radical (unpaired) electrons. The van der Waals surface area contributed by atoms with Crippen LogP contribution in [0, 0.1) is 17.5 Å². The summed E-state index contributed by atoms with van der Waals surface area (Å²) >= 11 is 0. The molecule has 1 aliphatic rings. The summed E-state index contributed by atoms with van der Waals surface area (Å²) in [4.78, 5) is 24.5. The van der Waals surface area contributed by atoms with Gasteiger partial charge in [-0.25, -0.2) is 22.8 Å². The Kier molecular flexibility index (Phi) is 4.77. The fraction of sp³-hybridized carbons (Fsp3) is 0.500. The molecule has 0 aromatic heterocycles. The van der Waals surface area contributed by atoms with Gasteiger partial charge >= 0.3 is 12.1 Å². The fourth-order valence-corrected chi connectivity index (χ4v) is 2.72. The van der Waals surface area contributed by atoms with Crippen molar-refractivity contribution >= 4 is 12.1 Å². The van der Waals surface area contributed by atoms with Crippen LogP contribution in [0.25, 0.3) is 0 Å². The number of halogens is 3. The van der Waals surface area contributed by atoms with Gasteiger partial charge in [-0.1, -0.05) is 0 Å². The van der Waals surface area contributed by atoms with Crippen LogP contribution in [0.1, 0.15) is 38.7 Å². The predicted molar refractivity (Wildman–Crippen MR) is 78.0 cm³/mol. The lowest BCUT2D eigenvalue weighted by atomic mass is 9.95. The number of carboxylic acids is 1. The monoisotopic (exact) mass is 345 g/mol. The number of ether oxygens (including phenoxy) is 1. The van der Waals surface area contributed by atoms with Gasteiger partial charge in [0.2, 0.25) is 0 Å². The standard InChI is InChI=1S/C16H18F3NO4/c1-16(2,3)24-15(23)20-7-8(6-11(20)14(21)22)12-9(17)4-5-10(18)13(12)19/h4-5,8,11H,6-7H2,1-3H3,(H,21,22)/t8-,11+/m0/s1. The molecular formula is C16H18F3NO4. The number of aliphatic carboxylic acids is 1. The van der Waals surface area contributed by atoms with Crippen molar-refractivity contribution in [3.63, 3.8) is 0 Å². The van der Waals surface area contributed by atoms with E-state index < -0.39 is 52.6 Å². The van der Waals surface area contributed by atoms with Gasteiger partial charge in [-0.05, 0) is 39.3 Å². The Labute approximate surface area is 137 Å². The number of carbonyl (C=O) groups is 2. The minimum Gasteiger partial charge on any atom is -0.480 e. The number of hydrogen-bond donors (Lipinski definition) is 1. The summed E-state index contributed by atoms with van der Waals surface area (Å²) in [6.07, 6.45) is -1.12. The maximum absolute atomic E-state index is 13.9. The first kappa shape index (κ1) is 18.1. The van der Waals surface area contributed by atoms with Crippen LogP contribution in [0.5, 0.6) is 0 Å². The normalized spacial score (nSPS) is 21.0. The van der Waals surface area contributed by atoms with Crippen molar-refractivity contribution in [2.45, 2.75) is 44.8 Å². The number of nitrogens with zero attached hydrogens (tertiary/aromatic N) is 1. The molecule has 8 heteroatoms. The minimum atomic E-state index is -1.37. The van der Waals surface area contributed by atoms with Crippen molar-refractivity contribution in [2.24, 2.45) is 0 Å². The second kappa shape index (κ2) is 6.33. The molecule has 132 valence electrons. The average molecular weight is 345 g/mol. The smallest absolute Gasteiger partial charge is 0.411 e. The SMILES string of the molecule is CC(C)(C)OC(=O)N1C[C@@H](c2c(F)ccc(F)c2F)C[C@@H]1C(=O)O. The first-order chi connectivity index (χ1) is 11.0. The zero-order valence-corrected chi connectivity index (χ0v) is 13.5. The molecule has 1 aliphatic heterocycles. The van der Waals surface area contributed by atoms with Gasteiger partial charge in [0.05, 0.1) is 0 Å². The topological polar surface area (TPSA) is 66.8 Å². The van der Waals surface area contributed by atoms with Gasteiger partial charge in [0.1, 0.15) is 17.5 Å². The highest BCUT2D eigenvalue weighted by atomic mass is 19.2. The largest absolute Gasteiger partial charge is 0.480 e. The fourth-order valence-electron chi connectivity index (χ4n) is 2.72. The van der Waals surface area contributed by atoms with E-state index in [2.05, 4.69) is 0 Å². The Morgan fingerprint density at radius 3 is 2.33 bits per heavy atom. The zero-order chi connectivity index (χ0) is 18.2. The number of carboxylic acid groups (broad SMARTS) is 1. The Morgan fingerprint density at radius 2 is 1.79 bits per heavy atom. The molecule has 0 spiro atoms. The van der Waals surface area contributed by atoms with Crippen LogP contribution in [0.2, 0.25) is 0 Å². The summed E-state index contributed by atoms with van der Waals surface area (Å²) in [6.45, 7) is 4.56. The molecule has 5 nitrogen and oxygen atoms in total. The average Bonchev–Trinajstić information content (AvgIpc) is 2.87. The van der Waals surface area contributed by atoms with Crippen molar-refractivity contribution in [2.75, 3.05) is 6.54 Å². The van der Waals surface area contributed by atoms with Crippen LogP contribution < -0.4 is 0 Å². The van der Waals surface area contributed by atoms with Gasteiger partial charge in [-0.2, -0.15) is 0 Å². The molecule has 0 aliphatic carbocycles. The third-order valence-corrected chi connectivity index (χ3v) is 3.70. The molecule has 2 atom stereocenters. The van der Waals surface area contributed by atoms with Gasteiger partial charge in [-0.3, -0.25) is 4.90 Å². The molecule has 1 saturated heterocycles. The van der Waals surface area contributed by atoms with Crippen LogP contribution in [-0.4, -0.2) is 40.3 Å². The van der Waals surface area contributed by atoms with Crippen LogP contribution >= 0.6 is 0 Å². The lowest BCUT2D eigenvalue weighted by molar-refractivity contribution is -0.142. The van der Waals surface area contributed by atoms with Crippen molar-refractivity contribution in [1.29, 1.82) is 0 Å². The van der Waals surface area contributed by atoms with E-state index in [0.717, 1.165) is 11.0 Å². The highest BCUT2D eigenvalue weighted by Crippen LogP contribution is 2.36. The van der Waals surface area contributed by atoms with E-state index in [1.807, 2.05) is 0 Å². The molecule has 0 saturated carbocycles. The second-order valence-corrected chi connectivity index (χ2v) is 6.68.